The van der Waals surface area contributed by atoms with Gasteiger partial charge in [0.15, 0.2) is 0 Å². The van der Waals surface area contributed by atoms with Crippen molar-refractivity contribution in [3.63, 3.8) is 0 Å². The number of aromatic nitrogens is 4. The van der Waals surface area contributed by atoms with Gasteiger partial charge < -0.3 is 9.67 Å². The van der Waals surface area contributed by atoms with E-state index in [1.807, 2.05) is 23.6 Å². The summed E-state index contributed by atoms with van der Waals surface area (Å²) in [5.74, 6) is -0.213. The van der Waals surface area contributed by atoms with Gasteiger partial charge >= 0.3 is 5.97 Å². The van der Waals surface area contributed by atoms with Gasteiger partial charge in [0.1, 0.15) is 5.82 Å². The van der Waals surface area contributed by atoms with Crippen LogP contribution in [0.25, 0.3) is 11.0 Å². The van der Waals surface area contributed by atoms with E-state index >= 15 is 0 Å². The highest BCUT2D eigenvalue weighted by atomic mass is 16.4. The minimum absolute atomic E-state index is 0.243. The molecule has 1 N–H and O–H groups in total. The highest BCUT2D eigenvalue weighted by molar-refractivity contribution is 6.01. The Labute approximate surface area is 114 Å². The molecule has 3 aromatic rings. The Balaban J connectivity index is 2.19. The van der Waals surface area contributed by atoms with Crippen LogP contribution in [-0.2, 0) is 6.54 Å². The van der Waals surface area contributed by atoms with Crippen molar-refractivity contribution in [2.45, 2.75) is 13.5 Å². The molecule has 0 saturated heterocycles. The molecule has 0 saturated carbocycles. The lowest BCUT2D eigenvalue weighted by Gasteiger charge is -2.07. The largest absolute Gasteiger partial charge is 0.478 e. The molecule has 0 radical (unpaired) electrons. The normalized spacial score (nSPS) is 10.8. The van der Waals surface area contributed by atoms with Crippen LogP contribution < -0.4 is 0 Å². The molecule has 2 aromatic heterocycles. The number of aromatic carboxylic acids is 1. The number of hydrogen-bond acceptors (Lipinski definition) is 4. The van der Waals surface area contributed by atoms with Crippen molar-refractivity contribution in [1.82, 2.24) is 19.7 Å². The van der Waals surface area contributed by atoms with Gasteiger partial charge in [-0.05, 0) is 31.2 Å². The Kier molecular flexibility index (Phi) is 2.90. The Morgan fingerprint density at radius 3 is 2.85 bits per heavy atom. The Morgan fingerprint density at radius 2 is 2.15 bits per heavy atom. The fraction of sp³-hybridized carbons (Fsp3) is 0.143. The Morgan fingerprint density at radius 1 is 1.30 bits per heavy atom. The minimum atomic E-state index is -0.962. The molecule has 1 aromatic carbocycles. The highest BCUT2D eigenvalue weighted by Gasteiger charge is 2.16. The van der Waals surface area contributed by atoms with Gasteiger partial charge in [0.2, 0.25) is 0 Å². The van der Waals surface area contributed by atoms with Gasteiger partial charge in [-0.2, -0.15) is 10.2 Å². The minimum Gasteiger partial charge on any atom is -0.478 e. The molecule has 0 amide bonds. The van der Waals surface area contributed by atoms with E-state index in [9.17, 15) is 9.90 Å². The van der Waals surface area contributed by atoms with Crippen molar-refractivity contribution in [3.05, 3.63) is 53.6 Å². The van der Waals surface area contributed by atoms with Crippen LogP contribution in [0.5, 0.6) is 0 Å². The molecule has 6 nitrogen and oxygen atoms in total. The third kappa shape index (κ3) is 2.01. The Hall–Kier alpha value is -2.76. The van der Waals surface area contributed by atoms with E-state index in [4.69, 9.17) is 0 Å². The zero-order chi connectivity index (χ0) is 14.1. The predicted molar refractivity (Wildman–Crippen MR) is 72.6 cm³/mol. The molecule has 3 rings (SSSR count). The van der Waals surface area contributed by atoms with Crippen LogP contribution in [0.2, 0.25) is 0 Å². The second-order valence-electron chi connectivity index (χ2n) is 4.44. The van der Waals surface area contributed by atoms with E-state index in [1.165, 1.54) is 0 Å². The second kappa shape index (κ2) is 4.73. The standard InChI is InChI=1S/C14H12N4O2/c1-9-16-12-6-2-5-11(14(19)20)13(12)18(9)8-10-4-3-7-15-17-10/h2-7H,8H2,1H3,(H,19,20). The fourth-order valence-corrected chi connectivity index (χ4v) is 2.25. The van der Waals surface area contributed by atoms with Gasteiger partial charge in [0, 0.05) is 6.20 Å². The van der Waals surface area contributed by atoms with Crippen molar-refractivity contribution in [1.29, 1.82) is 0 Å². The monoisotopic (exact) mass is 268 g/mol. The third-order valence-corrected chi connectivity index (χ3v) is 3.14. The van der Waals surface area contributed by atoms with E-state index < -0.39 is 5.97 Å². The number of carboxylic acids is 1. The maximum atomic E-state index is 11.4. The molecule has 0 bridgehead atoms. The number of carbonyl (C=O) groups is 1. The summed E-state index contributed by atoms with van der Waals surface area (Å²) >= 11 is 0. The molecule has 0 aliphatic rings. The van der Waals surface area contributed by atoms with Crippen molar-refractivity contribution in [2.24, 2.45) is 0 Å². The lowest BCUT2D eigenvalue weighted by Crippen LogP contribution is -2.07. The molecule has 0 unspecified atom stereocenters. The third-order valence-electron chi connectivity index (χ3n) is 3.14. The smallest absolute Gasteiger partial charge is 0.337 e. The molecule has 0 atom stereocenters. The van der Waals surface area contributed by atoms with E-state index in [2.05, 4.69) is 15.2 Å². The second-order valence-corrected chi connectivity index (χ2v) is 4.44. The van der Waals surface area contributed by atoms with Crippen molar-refractivity contribution in [3.8, 4) is 0 Å². The molecule has 6 heteroatoms. The number of imidazole rings is 1. The average Bonchev–Trinajstić information content (AvgIpc) is 2.76. The number of hydrogen-bond donors (Lipinski definition) is 1. The first-order valence-corrected chi connectivity index (χ1v) is 6.12. The first-order chi connectivity index (χ1) is 9.66. The highest BCUT2D eigenvalue weighted by Crippen LogP contribution is 2.21. The molecule has 0 spiro atoms. The van der Waals surface area contributed by atoms with Crippen molar-refractivity contribution in [2.75, 3.05) is 0 Å². The molecule has 0 aliphatic carbocycles. The quantitative estimate of drug-likeness (QED) is 0.784. The number of carboxylic acid groups (broad SMARTS) is 1. The van der Waals surface area contributed by atoms with Gasteiger partial charge in [-0.25, -0.2) is 9.78 Å². The lowest BCUT2D eigenvalue weighted by atomic mass is 10.2. The summed E-state index contributed by atoms with van der Waals surface area (Å²) in [7, 11) is 0. The number of fused-ring (bicyclic) bond motifs is 1. The van der Waals surface area contributed by atoms with Gasteiger partial charge in [-0.3, -0.25) is 0 Å². The average molecular weight is 268 g/mol. The maximum absolute atomic E-state index is 11.4. The maximum Gasteiger partial charge on any atom is 0.337 e. The summed E-state index contributed by atoms with van der Waals surface area (Å²) in [5, 5.41) is 17.2. The van der Waals surface area contributed by atoms with Gasteiger partial charge in [0.25, 0.3) is 0 Å². The summed E-state index contributed by atoms with van der Waals surface area (Å²) in [4.78, 5) is 15.8. The van der Waals surface area contributed by atoms with Crippen LogP contribution in [0, 0.1) is 6.92 Å². The first-order valence-electron chi connectivity index (χ1n) is 6.12. The van der Waals surface area contributed by atoms with E-state index in [1.54, 1.807) is 24.4 Å². The predicted octanol–water partition coefficient (Wildman–Crippen LogP) is 1.88. The summed E-state index contributed by atoms with van der Waals surface area (Å²) in [6.07, 6.45) is 1.60. The van der Waals surface area contributed by atoms with Crippen LogP contribution in [0.15, 0.2) is 36.5 Å². The number of aryl methyl sites for hydroxylation is 1. The van der Waals surface area contributed by atoms with Gasteiger partial charge in [0.05, 0.1) is 28.8 Å². The molecule has 2 heterocycles. The van der Waals surface area contributed by atoms with Gasteiger partial charge in [-0.15, -0.1) is 0 Å². The summed E-state index contributed by atoms with van der Waals surface area (Å²) in [5.41, 5.74) is 2.29. The van der Waals surface area contributed by atoms with Crippen LogP contribution in [0.4, 0.5) is 0 Å². The van der Waals surface area contributed by atoms with Crippen LogP contribution in [0.3, 0.4) is 0 Å². The zero-order valence-corrected chi connectivity index (χ0v) is 10.8. The molecule has 100 valence electrons. The van der Waals surface area contributed by atoms with Crippen LogP contribution in [0.1, 0.15) is 21.9 Å². The molecule has 20 heavy (non-hydrogen) atoms. The molecular weight excluding hydrogens is 256 g/mol. The zero-order valence-electron chi connectivity index (χ0n) is 10.8. The number of para-hydroxylation sites is 1. The topological polar surface area (TPSA) is 80.9 Å². The molecule has 0 fully saturated rings. The summed E-state index contributed by atoms with van der Waals surface area (Å²) in [6.45, 7) is 2.29. The van der Waals surface area contributed by atoms with E-state index in [0.717, 1.165) is 11.5 Å². The van der Waals surface area contributed by atoms with Crippen LogP contribution >= 0.6 is 0 Å². The van der Waals surface area contributed by atoms with Crippen LogP contribution in [-0.4, -0.2) is 30.8 Å². The SMILES string of the molecule is Cc1nc2cccc(C(=O)O)c2n1Cc1cccnn1. The van der Waals surface area contributed by atoms with E-state index in [-0.39, 0.29) is 5.56 Å². The Bertz CT molecular complexity index is 780. The fourth-order valence-electron chi connectivity index (χ4n) is 2.25. The summed E-state index contributed by atoms with van der Waals surface area (Å²) < 4.78 is 1.85. The number of rotatable bonds is 3. The summed E-state index contributed by atoms with van der Waals surface area (Å²) in [6, 6.07) is 8.74. The number of nitrogens with zero attached hydrogens (tertiary/aromatic N) is 4. The lowest BCUT2D eigenvalue weighted by molar-refractivity contribution is 0.0698. The molecule has 0 aliphatic heterocycles. The first kappa shape index (κ1) is 12.3. The van der Waals surface area contributed by atoms with Crippen molar-refractivity contribution < 1.29 is 9.90 Å². The number of benzene rings is 1. The molecular formula is C14H12N4O2. The van der Waals surface area contributed by atoms with Crippen molar-refractivity contribution >= 4 is 17.0 Å². The van der Waals surface area contributed by atoms with E-state index in [0.29, 0.717) is 17.6 Å². The van der Waals surface area contributed by atoms with Gasteiger partial charge in [-0.1, -0.05) is 6.07 Å².